The summed E-state index contributed by atoms with van der Waals surface area (Å²) in [4.78, 5) is 22.0. The van der Waals surface area contributed by atoms with Crippen LogP contribution in [0.5, 0.6) is 0 Å². The molecule has 6 nitrogen and oxygen atoms in total. The fraction of sp³-hybridized carbons (Fsp3) is 0.200. The SMILES string of the molecule is Cc1ccccc1NC(C(=O)O)C(=O)NN. The summed E-state index contributed by atoms with van der Waals surface area (Å²) in [6.07, 6.45) is 0. The minimum Gasteiger partial charge on any atom is -0.479 e. The first-order valence-corrected chi connectivity index (χ1v) is 4.61. The van der Waals surface area contributed by atoms with Gasteiger partial charge in [-0.1, -0.05) is 18.2 Å². The Balaban J connectivity index is 2.88. The van der Waals surface area contributed by atoms with Gasteiger partial charge in [0.25, 0.3) is 5.91 Å². The van der Waals surface area contributed by atoms with Crippen LogP contribution >= 0.6 is 0 Å². The highest BCUT2D eigenvalue weighted by molar-refractivity contribution is 6.03. The zero-order valence-corrected chi connectivity index (χ0v) is 8.73. The van der Waals surface area contributed by atoms with Gasteiger partial charge in [0.15, 0.2) is 0 Å². The van der Waals surface area contributed by atoms with E-state index in [9.17, 15) is 9.59 Å². The van der Waals surface area contributed by atoms with Gasteiger partial charge in [-0.3, -0.25) is 10.2 Å². The van der Waals surface area contributed by atoms with Crippen LogP contribution < -0.4 is 16.6 Å². The van der Waals surface area contributed by atoms with E-state index in [1.807, 2.05) is 19.1 Å². The number of aryl methyl sites for hydroxylation is 1. The van der Waals surface area contributed by atoms with Crippen LogP contribution in [-0.2, 0) is 9.59 Å². The van der Waals surface area contributed by atoms with E-state index < -0.39 is 17.9 Å². The number of carboxylic acids is 1. The van der Waals surface area contributed by atoms with Crippen LogP contribution in [-0.4, -0.2) is 23.0 Å². The number of nitrogens with two attached hydrogens (primary N) is 1. The number of hydrogen-bond acceptors (Lipinski definition) is 4. The first kappa shape index (κ1) is 12.0. The molecule has 1 rings (SSSR count). The number of hydrogen-bond donors (Lipinski definition) is 4. The van der Waals surface area contributed by atoms with Crippen LogP contribution in [0.25, 0.3) is 0 Å². The molecule has 5 N–H and O–H groups in total. The highest BCUT2D eigenvalue weighted by Gasteiger charge is 2.25. The van der Waals surface area contributed by atoms with Crippen molar-refractivity contribution in [2.75, 3.05) is 5.32 Å². The normalized spacial score (nSPS) is 11.6. The fourth-order valence-corrected chi connectivity index (χ4v) is 1.21. The molecule has 1 aromatic carbocycles. The van der Waals surface area contributed by atoms with Crippen LogP contribution in [0, 0.1) is 6.92 Å². The maximum Gasteiger partial charge on any atom is 0.336 e. The molecule has 1 unspecified atom stereocenters. The molecular formula is C10H13N3O3. The number of anilines is 1. The molecule has 0 aromatic heterocycles. The zero-order chi connectivity index (χ0) is 12.1. The highest BCUT2D eigenvalue weighted by atomic mass is 16.4. The maximum atomic E-state index is 11.2. The standard InChI is InChI=1S/C10H13N3O3/c1-6-4-2-3-5-7(6)12-8(10(15)16)9(14)13-11/h2-5,8,12H,11H2,1H3,(H,13,14)(H,15,16). The van der Waals surface area contributed by atoms with Crippen molar-refractivity contribution in [3.8, 4) is 0 Å². The summed E-state index contributed by atoms with van der Waals surface area (Å²) in [5.74, 6) is 2.82. The largest absolute Gasteiger partial charge is 0.479 e. The molecule has 0 heterocycles. The van der Waals surface area contributed by atoms with Gasteiger partial charge in [-0.25, -0.2) is 10.6 Å². The molecule has 0 saturated carbocycles. The second-order valence-electron chi connectivity index (χ2n) is 3.24. The summed E-state index contributed by atoms with van der Waals surface area (Å²) in [7, 11) is 0. The number of benzene rings is 1. The second-order valence-corrected chi connectivity index (χ2v) is 3.24. The average molecular weight is 223 g/mol. The van der Waals surface area contributed by atoms with Gasteiger partial charge in [-0.15, -0.1) is 0 Å². The molecule has 0 radical (unpaired) electrons. The average Bonchev–Trinajstić information content (AvgIpc) is 2.26. The highest BCUT2D eigenvalue weighted by Crippen LogP contribution is 2.14. The number of para-hydroxylation sites is 1. The van der Waals surface area contributed by atoms with Crippen LogP contribution in [0.15, 0.2) is 24.3 Å². The molecule has 16 heavy (non-hydrogen) atoms. The van der Waals surface area contributed by atoms with Crippen LogP contribution in [0.1, 0.15) is 5.56 Å². The topological polar surface area (TPSA) is 104 Å². The number of amides is 1. The molecule has 86 valence electrons. The van der Waals surface area contributed by atoms with Crippen molar-refractivity contribution in [1.82, 2.24) is 5.43 Å². The van der Waals surface area contributed by atoms with Crippen molar-refractivity contribution in [1.29, 1.82) is 0 Å². The predicted octanol–water partition coefficient (Wildman–Crippen LogP) is -0.150. The summed E-state index contributed by atoms with van der Waals surface area (Å²) < 4.78 is 0. The summed E-state index contributed by atoms with van der Waals surface area (Å²) in [5.41, 5.74) is 3.23. The lowest BCUT2D eigenvalue weighted by atomic mass is 10.1. The summed E-state index contributed by atoms with van der Waals surface area (Å²) in [5, 5.41) is 11.5. The van der Waals surface area contributed by atoms with E-state index >= 15 is 0 Å². The van der Waals surface area contributed by atoms with Gasteiger partial charge >= 0.3 is 5.97 Å². The number of carbonyl (C=O) groups excluding carboxylic acids is 1. The quantitative estimate of drug-likeness (QED) is 0.246. The molecule has 0 aliphatic rings. The zero-order valence-electron chi connectivity index (χ0n) is 8.73. The lowest BCUT2D eigenvalue weighted by Crippen LogP contribution is -2.47. The number of rotatable bonds is 4. The van der Waals surface area contributed by atoms with E-state index in [0.717, 1.165) is 5.56 Å². The molecule has 1 aromatic rings. The van der Waals surface area contributed by atoms with Gasteiger partial charge < -0.3 is 10.4 Å². The molecule has 0 spiro atoms. The summed E-state index contributed by atoms with van der Waals surface area (Å²) in [6.45, 7) is 1.81. The Morgan fingerprint density at radius 3 is 2.50 bits per heavy atom. The minimum atomic E-state index is -1.40. The minimum absolute atomic E-state index is 0.582. The van der Waals surface area contributed by atoms with Gasteiger partial charge in [-0.05, 0) is 18.6 Å². The van der Waals surface area contributed by atoms with Gasteiger partial charge in [0.05, 0.1) is 0 Å². The first-order chi connectivity index (χ1) is 7.56. The van der Waals surface area contributed by atoms with Gasteiger partial charge in [0.1, 0.15) is 0 Å². The van der Waals surface area contributed by atoms with Crippen molar-refractivity contribution in [2.24, 2.45) is 5.84 Å². The van der Waals surface area contributed by atoms with E-state index in [2.05, 4.69) is 5.32 Å². The molecule has 1 atom stereocenters. The third-order valence-electron chi connectivity index (χ3n) is 2.10. The van der Waals surface area contributed by atoms with Crippen LogP contribution in [0.3, 0.4) is 0 Å². The Morgan fingerprint density at radius 1 is 1.38 bits per heavy atom. The van der Waals surface area contributed by atoms with Gasteiger partial charge in [0, 0.05) is 5.69 Å². The third kappa shape index (κ3) is 2.71. The van der Waals surface area contributed by atoms with E-state index in [1.54, 1.807) is 17.6 Å². The van der Waals surface area contributed by atoms with E-state index in [4.69, 9.17) is 10.9 Å². The summed E-state index contributed by atoms with van der Waals surface area (Å²) >= 11 is 0. The van der Waals surface area contributed by atoms with Crippen molar-refractivity contribution in [3.63, 3.8) is 0 Å². The number of carboxylic acid groups (broad SMARTS) is 1. The first-order valence-electron chi connectivity index (χ1n) is 4.61. The number of aliphatic carboxylic acids is 1. The number of carbonyl (C=O) groups is 2. The molecule has 0 saturated heterocycles. The van der Waals surface area contributed by atoms with Gasteiger partial charge in [-0.2, -0.15) is 0 Å². The molecular weight excluding hydrogens is 210 g/mol. The Bertz CT molecular complexity index is 406. The lowest BCUT2D eigenvalue weighted by molar-refractivity contribution is -0.142. The predicted molar refractivity (Wildman–Crippen MR) is 58.6 cm³/mol. The van der Waals surface area contributed by atoms with Crippen molar-refractivity contribution >= 4 is 17.6 Å². The van der Waals surface area contributed by atoms with Crippen LogP contribution in [0.2, 0.25) is 0 Å². The smallest absolute Gasteiger partial charge is 0.336 e. The van der Waals surface area contributed by atoms with Crippen LogP contribution in [0.4, 0.5) is 5.69 Å². The molecule has 6 heteroatoms. The molecule has 0 fully saturated rings. The second kappa shape index (κ2) is 5.13. The van der Waals surface area contributed by atoms with Crippen molar-refractivity contribution in [3.05, 3.63) is 29.8 Å². The van der Waals surface area contributed by atoms with Crippen molar-refractivity contribution < 1.29 is 14.7 Å². The lowest BCUT2D eigenvalue weighted by Gasteiger charge is -2.15. The molecule has 1 amide bonds. The third-order valence-corrected chi connectivity index (χ3v) is 2.10. The summed E-state index contributed by atoms with van der Waals surface area (Å²) in [6, 6.07) is 5.66. The molecule has 0 bridgehead atoms. The number of hydrazine groups is 1. The Labute approximate surface area is 92.4 Å². The van der Waals surface area contributed by atoms with E-state index in [1.165, 1.54) is 0 Å². The monoisotopic (exact) mass is 223 g/mol. The van der Waals surface area contributed by atoms with E-state index in [0.29, 0.717) is 5.69 Å². The van der Waals surface area contributed by atoms with Crippen molar-refractivity contribution in [2.45, 2.75) is 13.0 Å². The maximum absolute atomic E-state index is 11.2. The Morgan fingerprint density at radius 2 is 2.00 bits per heavy atom. The fourth-order valence-electron chi connectivity index (χ4n) is 1.21. The Hall–Kier alpha value is -2.08. The molecule has 0 aliphatic carbocycles. The molecule has 0 aliphatic heterocycles. The van der Waals surface area contributed by atoms with E-state index in [-0.39, 0.29) is 0 Å². The number of nitrogens with one attached hydrogen (secondary N) is 2. The Kier molecular flexibility index (Phi) is 3.84. The van der Waals surface area contributed by atoms with Gasteiger partial charge in [0.2, 0.25) is 6.04 Å².